The highest BCUT2D eigenvalue weighted by Crippen LogP contribution is 2.28. The zero-order chi connectivity index (χ0) is 21.0. The van der Waals surface area contributed by atoms with E-state index in [1.807, 2.05) is 13.8 Å². The summed E-state index contributed by atoms with van der Waals surface area (Å²) in [6.45, 7) is 8.24. The molecule has 1 atom stereocenters. The average molecular weight is 404 g/mol. The van der Waals surface area contributed by atoms with E-state index in [9.17, 15) is 18.8 Å². The summed E-state index contributed by atoms with van der Waals surface area (Å²) in [4.78, 5) is 44.5. The standard InChI is InChI=1S/C21H29FN4O3/c1-3-24(4-2)20(28)15-23-9-11-25(12-10-23)21(29)16-13-19(27)26(14-16)18-8-6-5-7-17(18)22/h5-8,16H,3-4,9-15H2,1-2H3. The van der Waals surface area contributed by atoms with Gasteiger partial charge in [-0.25, -0.2) is 4.39 Å². The molecule has 0 spiro atoms. The highest BCUT2D eigenvalue weighted by molar-refractivity contribution is 6.00. The molecule has 158 valence electrons. The Hall–Kier alpha value is -2.48. The van der Waals surface area contributed by atoms with Crippen LogP contribution in [0.15, 0.2) is 24.3 Å². The monoisotopic (exact) mass is 404 g/mol. The van der Waals surface area contributed by atoms with Crippen LogP contribution in [0.3, 0.4) is 0 Å². The van der Waals surface area contributed by atoms with Crippen LogP contribution < -0.4 is 4.90 Å². The number of halogens is 1. The van der Waals surface area contributed by atoms with Crippen LogP contribution in [-0.2, 0) is 14.4 Å². The summed E-state index contributed by atoms with van der Waals surface area (Å²) < 4.78 is 14.0. The lowest BCUT2D eigenvalue weighted by Gasteiger charge is -2.36. The maximum atomic E-state index is 14.0. The van der Waals surface area contributed by atoms with Gasteiger partial charge < -0.3 is 14.7 Å². The second-order valence-electron chi connectivity index (χ2n) is 7.52. The lowest BCUT2D eigenvalue weighted by Crippen LogP contribution is -2.52. The van der Waals surface area contributed by atoms with Crippen molar-refractivity contribution >= 4 is 23.4 Å². The van der Waals surface area contributed by atoms with Crippen molar-refractivity contribution < 1.29 is 18.8 Å². The molecule has 29 heavy (non-hydrogen) atoms. The predicted molar refractivity (Wildman–Crippen MR) is 108 cm³/mol. The second kappa shape index (κ2) is 9.35. The van der Waals surface area contributed by atoms with Crippen molar-refractivity contribution in [3.8, 4) is 0 Å². The van der Waals surface area contributed by atoms with Crippen LogP contribution in [0.4, 0.5) is 10.1 Å². The molecule has 1 aromatic rings. The van der Waals surface area contributed by atoms with Crippen LogP contribution in [0.2, 0.25) is 0 Å². The predicted octanol–water partition coefficient (Wildman–Crippen LogP) is 1.19. The van der Waals surface area contributed by atoms with Gasteiger partial charge in [-0.05, 0) is 26.0 Å². The van der Waals surface area contributed by atoms with Crippen molar-refractivity contribution in [3.05, 3.63) is 30.1 Å². The molecule has 2 aliphatic heterocycles. The van der Waals surface area contributed by atoms with E-state index in [4.69, 9.17) is 0 Å². The first kappa shape index (κ1) is 21.2. The number of benzene rings is 1. The van der Waals surface area contributed by atoms with E-state index >= 15 is 0 Å². The third-order valence-electron chi connectivity index (χ3n) is 5.78. The van der Waals surface area contributed by atoms with Gasteiger partial charge in [0.05, 0.1) is 18.2 Å². The van der Waals surface area contributed by atoms with Crippen molar-refractivity contribution in [3.63, 3.8) is 0 Å². The Bertz CT molecular complexity index is 760. The molecule has 2 fully saturated rings. The summed E-state index contributed by atoms with van der Waals surface area (Å²) in [6, 6.07) is 6.13. The number of hydrogen-bond acceptors (Lipinski definition) is 4. The molecular formula is C21H29FN4O3. The molecule has 0 aliphatic carbocycles. The Morgan fingerprint density at radius 3 is 2.38 bits per heavy atom. The normalized spacial score (nSPS) is 20.2. The molecule has 2 heterocycles. The van der Waals surface area contributed by atoms with Gasteiger partial charge in [0.2, 0.25) is 17.7 Å². The van der Waals surface area contributed by atoms with Crippen LogP contribution in [0, 0.1) is 11.7 Å². The van der Waals surface area contributed by atoms with Gasteiger partial charge in [0.25, 0.3) is 0 Å². The molecule has 0 bridgehead atoms. The number of anilines is 1. The first-order chi connectivity index (χ1) is 13.9. The van der Waals surface area contributed by atoms with Crippen LogP contribution >= 0.6 is 0 Å². The van der Waals surface area contributed by atoms with Gasteiger partial charge in [-0.1, -0.05) is 12.1 Å². The molecule has 2 saturated heterocycles. The van der Waals surface area contributed by atoms with Gasteiger partial charge in [0.15, 0.2) is 0 Å². The third-order valence-corrected chi connectivity index (χ3v) is 5.78. The highest BCUT2D eigenvalue weighted by atomic mass is 19.1. The summed E-state index contributed by atoms with van der Waals surface area (Å²) >= 11 is 0. The maximum Gasteiger partial charge on any atom is 0.236 e. The van der Waals surface area contributed by atoms with Gasteiger partial charge >= 0.3 is 0 Å². The summed E-state index contributed by atoms with van der Waals surface area (Å²) in [5.41, 5.74) is 0.229. The SMILES string of the molecule is CCN(CC)C(=O)CN1CCN(C(=O)C2CC(=O)N(c3ccccc3F)C2)CC1. The van der Waals surface area contributed by atoms with Crippen molar-refractivity contribution in [2.24, 2.45) is 5.92 Å². The van der Waals surface area contributed by atoms with E-state index in [1.54, 1.807) is 28.0 Å². The van der Waals surface area contributed by atoms with Crippen LogP contribution in [0.25, 0.3) is 0 Å². The molecule has 7 nitrogen and oxygen atoms in total. The van der Waals surface area contributed by atoms with Crippen molar-refractivity contribution in [2.75, 3.05) is 57.3 Å². The topological polar surface area (TPSA) is 64.2 Å². The molecular weight excluding hydrogens is 375 g/mol. The molecule has 0 N–H and O–H groups in total. The largest absolute Gasteiger partial charge is 0.342 e. The molecule has 0 saturated carbocycles. The lowest BCUT2D eigenvalue weighted by molar-refractivity contribution is -0.138. The van der Waals surface area contributed by atoms with Crippen molar-refractivity contribution in [2.45, 2.75) is 20.3 Å². The number of carbonyl (C=O) groups is 3. The quantitative estimate of drug-likeness (QED) is 0.715. The number of likely N-dealkylation sites (N-methyl/N-ethyl adjacent to an activating group) is 1. The third kappa shape index (κ3) is 4.75. The summed E-state index contributed by atoms with van der Waals surface area (Å²) in [7, 11) is 0. The number of para-hydroxylation sites is 1. The van der Waals surface area contributed by atoms with E-state index in [1.165, 1.54) is 11.0 Å². The van der Waals surface area contributed by atoms with Gasteiger partial charge in [-0.3, -0.25) is 19.3 Å². The molecule has 1 unspecified atom stereocenters. The molecule has 3 amide bonds. The molecule has 0 radical (unpaired) electrons. The van der Waals surface area contributed by atoms with Crippen LogP contribution in [-0.4, -0.2) is 84.8 Å². The number of piperazine rings is 1. The minimum atomic E-state index is -0.458. The smallest absolute Gasteiger partial charge is 0.236 e. The first-order valence-electron chi connectivity index (χ1n) is 10.3. The molecule has 3 rings (SSSR count). The number of nitrogens with zero attached hydrogens (tertiary/aromatic N) is 4. The van der Waals surface area contributed by atoms with E-state index in [0.717, 1.165) is 0 Å². The Morgan fingerprint density at radius 2 is 1.76 bits per heavy atom. The van der Waals surface area contributed by atoms with E-state index in [-0.39, 0.29) is 36.4 Å². The summed E-state index contributed by atoms with van der Waals surface area (Å²) in [6.07, 6.45) is 0.105. The van der Waals surface area contributed by atoms with Crippen LogP contribution in [0.1, 0.15) is 20.3 Å². The molecule has 2 aliphatic rings. The van der Waals surface area contributed by atoms with Crippen molar-refractivity contribution in [1.82, 2.24) is 14.7 Å². The molecule has 0 aromatic heterocycles. The van der Waals surface area contributed by atoms with Crippen LogP contribution in [0.5, 0.6) is 0 Å². The Kier molecular flexibility index (Phi) is 6.84. The van der Waals surface area contributed by atoms with Gasteiger partial charge in [0, 0.05) is 52.2 Å². The fourth-order valence-corrected chi connectivity index (χ4v) is 4.03. The highest BCUT2D eigenvalue weighted by Gasteiger charge is 2.38. The van der Waals surface area contributed by atoms with Crippen molar-refractivity contribution in [1.29, 1.82) is 0 Å². The number of amides is 3. The average Bonchev–Trinajstić information content (AvgIpc) is 3.11. The number of hydrogen-bond donors (Lipinski definition) is 0. The van der Waals surface area contributed by atoms with Gasteiger partial charge in [-0.2, -0.15) is 0 Å². The summed E-state index contributed by atoms with van der Waals surface area (Å²) in [5, 5.41) is 0. The fraction of sp³-hybridized carbons (Fsp3) is 0.571. The van der Waals surface area contributed by atoms with E-state index < -0.39 is 11.7 Å². The number of carbonyl (C=O) groups excluding carboxylic acids is 3. The minimum Gasteiger partial charge on any atom is -0.342 e. The Labute approximate surface area is 171 Å². The zero-order valence-electron chi connectivity index (χ0n) is 17.1. The zero-order valence-corrected chi connectivity index (χ0v) is 17.1. The summed E-state index contributed by atoms with van der Waals surface area (Å²) in [5.74, 6) is -1.09. The Balaban J connectivity index is 1.53. The molecule has 8 heteroatoms. The van der Waals surface area contributed by atoms with E-state index in [2.05, 4.69) is 4.90 Å². The van der Waals surface area contributed by atoms with Gasteiger partial charge in [0.1, 0.15) is 5.82 Å². The maximum absolute atomic E-state index is 14.0. The van der Waals surface area contributed by atoms with Gasteiger partial charge in [-0.15, -0.1) is 0 Å². The second-order valence-corrected chi connectivity index (χ2v) is 7.52. The lowest BCUT2D eigenvalue weighted by atomic mass is 10.1. The number of rotatable bonds is 6. The fourth-order valence-electron chi connectivity index (χ4n) is 4.03. The first-order valence-corrected chi connectivity index (χ1v) is 10.3. The van der Waals surface area contributed by atoms with E-state index in [0.29, 0.717) is 45.8 Å². The Morgan fingerprint density at radius 1 is 1.10 bits per heavy atom. The molecule has 1 aromatic carbocycles. The minimum absolute atomic E-state index is 0.0630.